The first-order chi connectivity index (χ1) is 7.55. The van der Waals surface area contributed by atoms with Gasteiger partial charge in [-0.05, 0) is 31.6 Å². The molecule has 2 fully saturated rings. The molecule has 1 unspecified atom stereocenters. The third-order valence-electron chi connectivity index (χ3n) is 3.97. The molecule has 0 saturated heterocycles. The summed E-state index contributed by atoms with van der Waals surface area (Å²) in [6, 6.07) is 0. The molecule has 0 spiro atoms. The van der Waals surface area contributed by atoms with Crippen LogP contribution in [0, 0.1) is 11.8 Å². The van der Waals surface area contributed by atoms with Crippen molar-refractivity contribution in [2.24, 2.45) is 11.8 Å². The monoisotopic (exact) mass is 225 g/mol. The largest absolute Gasteiger partial charge is 0.480 e. The maximum Gasteiger partial charge on any atom is 0.329 e. The highest BCUT2D eigenvalue weighted by Crippen LogP contribution is 2.37. The predicted molar refractivity (Wildman–Crippen MR) is 58.9 cm³/mol. The number of rotatable bonds is 4. The maximum atomic E-state index is 11.9. The van der Waals surface area contributed by atoms with E-state index in [4.69, 9.17) is 0 Å². The number of carboxylic acids is 1. The highest BCUT2D eigenvalue weighted by molar-refractivity contribution is 5.88. The molecule has 2 aliphatic carbocycles. The van der Waals surface area contributed by atoms with Crippen molar-refractivity contribution in [3.8, 4) is 0 Å². The second-order valence-electron chi connectivity index (χ2n) is 5.21. The van der Waals surface area contributed by atoms with Gasteiger partial charge < -0.3 is 10.4 Å². The molecular formula is C12H19NO3. The molecular weight excluding hydrogens is 206 g/mol. The van der Waals surface area contributed by atoms with E-state index in [-0.39, 0.29) is 11.8 Å². The molecule has 90 valence electrons. The number of amides is 1. The van der Waals surface area contributed by atoms with Crippen LogP contribution in [0.1, 0.15) is 45.4 Å². The van der Waals surface area contributed by atoms with E-state index in [1.54, 1.807) is 0 Å². The van der Waals surface area contributed by atoms with Gasteiger partial charge in [-0.3, -0.25) is 4.79 Å². The van der Waals surface area contributed by atoms with Crippen LogP contribution in [0.3, 0.4) is 0 Å². The van der Waals surface area contributed by atoms with Crippen LogP contribution in [0.25, 0.3) is 0 Å². The number of aliphatic carboxylic acids is 1. The summed E-state index contributed by atoms with van der Waals surface area (Å²) in [6.45, 7) is 1.90. The van der Waals surface area contributed by atoms with Gasteiger partial charge in [-0.2, -0.15) is 0 Å². The van der Waals surface area contributed by atoms with E-state index in [1.807, 2.05) is 6.92 Å². The summed E-state index contributed by atoms with van der Waals surface area (Å²) >= 11 is 0. The van der Waals surface area contributed by atoms with Crippen LogP contribution in [-0.2, 0) is 9.59 Å². The highest BCUT2D eigenvalue weighted by atomic mass is 16.4. The summed E-state index contributed by atoms with van der Waals surface area (Å²) < 4.78 is 0. The average molecular weight is 225 g/mol. The van der Waals surface area contributed by atoms with Crippen LogP contribution in [0.15, 0.2) is 0 Å². The Morgan fingerprint density at radius 1 is 1.31 bits per heavy atom. The van der Waals surface area contributed by atoms with Crippen LogP contribution in [0.5, 0.6) is 0 Å². The minimum absolute atomic E-state index is 0.0307. The van der Waals surface area contributed by atoms with Gasteiger partial charge in [-0.15, -0.1) is 0 Å². The number of carboxylic acid groups (broad SMARTS) is 1. The predicted octanol–water partition coefficient (Wildman–Crippen LogP) is 1.55. The first-order valence-electron chi connectivity index (χ1n) is 6.10. The molecule has 16 heavy (non-hydrogen) atoms. The van der Waals surface area contributed by atoms with Crippen molar-refractivity contribution in [2.75, 3.05) is 0 Å². The van der Waals surface area contributed by atoms with E-state index < -0.39 is 11.5 Å². The average Bonchev–Trinajstić information content (AvgIpc) is 2.98. The second kappa shape index (κ2) is 4.07. The zero-order valence-electron chi connectivity index (χ0n) is 9.66. The Hall–Kier alpha value is -1.06. The molecule has 2 saturated carbocycles. The van der Waals surface area contributed by atoms with Gasteiger partial charge in [0, 0.05) is 5.92 Å². The Balaban J connectivity index is 2.00. The lowest BCUT2D eigenvalue weighted by atomic mass is 9.95. The lowest BCUT2D eigenvalue weighted by Crippen LogP contribution is -2.54. The van der Waals surface area contributed by atoms with Gasteiger partial charge in [0.15, 0.2) is 0 Å². The van der Waals surface area contributed by atoms with Crippen molar-refractivity contribution in [2.45, 2.75) is 51.0 Å². The third-order valence-corrected chi connectivity index (χ3v) is 3.97. The van der Waals surface area contributed by atoms with Crippen LogP contribution in [0.4, 0.5) is 0 Å². The summed E-state index contributed by atoms with van der Waals surface area (Å²) in [6.07, 6.45) is 5.15. The number of hydrogen-bond donors (Lipinski definition) is 2. The molecule has 0 aromatic carbocycles. The van der Waals surface area contributed by atoms with E-state index >= 15 is 0 Å². The van der Waals surface area contributed by atoms with E-state index in [2.05, 4.69) is 5.32 Å². The Morgan fingerprint density at radius 3 is 2.31 bits per heavy atom. The van der Waals surface area contributed by atoms with Gasteiger partial charge in [-0.1, -0.05) is 19.8 Å². The normalized spacial score (nSPS) is 25.1. The van der Waals surface area contributed by atoms with Crippen molar-refractivity contribution in [3.63, 3.8) is 0 Å². The molecule has 0 heterocycles. The van der Waals surface area contributed by atoms with Gasteiger partial charge in [0.25, 0.3) is 0 Å². The topological polar surface area (TPSA) is 66.4 Å². The fourth-order valence-corrected chi connectivity index (χ4v) is 2.53. The maximum absolute atomic E-state index is 11.9. The molecule has 2 rings (SSSR count). The SMILES string of the molecule is CC(C(=O)NC1(C(=O)O)CCCC1)C1CC1. The molecule has 0 bridgehead atoms. The highest BCUT2D eigenvalue weighted by Gasteiger charge is 2.44. The van der Waals surface area contributed by atoms with Crippen LogP contribution >= 0.6 is 0 Å². The first kappa shape index (κ1) is 11.4. The molecule has 4 nitrogen and oxygen atoms in total. The third kappa shape index (κ3) is 2.06. The Kier molecular flexibility index (Phi) is 2.91. The van der Waals surface area contributed by atoms with Gasteiger partial charge in [0.2, 0.25) is 5.91 Å². The number of carbonyl (C=O) groups is 2. The molecule has 1 atom stereocenters. The summed E-state index contributed by atoms with van der Waals surface area (Å²) in [5, 5.41) is 12.0. The van der Waals surface area contributed by atoms with E-state index in [0.29, 0.717) is 18.8 Å². The molecule has 0 aromatic rings. The zero-order valence-corrected chi connectivity index (χ0v) is 9.66. The van der Waals surface area contributed by atoms with E-state index in [1.165, 1.54) is 0 Å². The van der Waals surface area contributed by atoms with Crippen LogP contribution in [0.2, 0.25) is 0 Å². The van der Waals surface area contributed by atoms with Crippen molar-refractivity contribution < 1.29 is 14.7 Å². The van der Waals surface area contributed by atoms with Gasteiger partial charge in [0.05, 0.1) is 0 Å². The van der Waals surface area contributed by atoms with Crippen molar-refractivity contribution in [1.82, 2.24) is 5.32 Å². The number of nitrogens with one attached hydrogen (secondary N) is 1. The summed E-state index contributed by atoms with van der Waals surface area (Å²) in [5.41, 5.74) is -0.972. The number of hydrogen-bond acceptors (Lipinski definition) is 2. The Labute approximate surface area is 95.4 Å². The molecule has 1 amide bonds. The van der Waals surface area contributed by atoms with Crippen LogP contribution in [-0.4, -0.2) is 22.5 Å². The fraction of sp³-hybridized carbons (Fsp3) is 0.833. The standard InChI is InChI=1S/C12H19NO3/c1-8(9-4-5-9)10(14)13-12(11(15)16)6-2-3-7-12/h8-9H,2-7H2,1H3,(H,13,14)(H,15,16). The first-order valence-corrected chi connectivity index (χ1v) is 6.10. The Morgan fingerprint density at radius 2 is 1.88 bits per heavy atom. The van der Waals surface area contributed by atoms with E-state index in [0.717, 1.165) is 25.7 Å². The summed E-state index contributed by atoms with van der Waals surface area (Å²) in [5.74, 6) is -0.503. The molecule has 0 aliphatic heterocycles. The molecule has 2 N–H and O–H groups in total. The molecule has 4 heteroatoms. The van der Waals surface area contributed by atoms with Crippen LogP contribution < -0.4 is 5.32 Å². The lowest BCUT2D eigenvalue weighted by molar-refractivity contribution is -0.148. The minimum atomic E-state index is -0.972. The van der Waals surface area contributed by atoms with Gasteiger partial charge in [-0.25, -0.2) is 4.79 Å². The molecule has 0 radical (unpaired) electrons. The van der Waals surface area contributed by atoms with Gasteiger partial charge in [0.1, 0.15) is 5.54 Å². The number of carbonyl (C=O) groups excluding carboxylic acids is 1. The van der Waals surface area contributed by atoms with Crippen molar-refractivity contribution in [3.05, 3.63) is 0 Å². The van der Waals surface area contributed by atoms with Crippen molar-refractivity contribution in [1.29, 1.82) is 0 Å². The quantitative estimate of drug-likeness (QED) is 0.762. The zero-order chi connectivity index (χ0) is 11.8. The van der Waals surface area contributed by atoms with Gasteiger partial charge >= 0.3 is 5.97 Å². The Bertz CT molecular complexity index is 303. The smallest absolute Gasteiger partial charge is 0.329 e. The summed E-state index contributed by atoms with van der Waals surface area (Å²) in [4.78, 5) is 23.2. The van der Waals surface area contributed by atoms with E-state index in [9.17, 15) is 14.7 Å². The fourth-order valence-electron chi connectivity index (χ4n) is 2.53. The second-order valence-corrected chi connectivity index (χ2v) is 5.21. The molecule has 2 aliphatic rings. The lowest BCUT2D eigenvalue weighted by Gasteiger charge is -2.27. The minimum Gasteiger partial charge on any atom is -0.480 e. The van der Waals surface area contributed by atoms with Crippen molar-refractivity contribution >= 4 is 11.9 Å². The molecule has 0 aromatic heterocycles. The summed E-state index contributed by atoms with van der Waals surface area (Å²) in [7, 11) is 0.